The first-order valence-electron chi connectivity index (χ1n) is 7.10. The molecule has 1 amide bonds. The molecule has 0 heterocycles. The van der Waals surface area contributed by atoms with E-state index in [-0.39, 0.29) is 5.91 Å². The van der Waals surface area contributed by atoms with Crippen molar-refractivity contribution in [3.8, 4) is 5.75 Å². The largest absolute Gasteiger partial charge is 0.493 e. The van der Waals surface area contributed by atoms with Crippen molar-refractivity contribution < 1.29 is 9.53 Å². The van der Waals surface area contributed by atoms with Gasteiger partial charge < -0.3 is 10.1 Å². The summed E-state index contributed by atoms with van der Waals surface area (Å²) in [5, 5.41) is 3.41. The molecule has 0 saturated heterocycles. The summed E-state index contributed by atoms with van der Waals surface area (Å²) in [6.07, 6.45) is 1.98. The van der Waals surface area contributed by atoms with Crippen LogP contribution < -0.4 is 10.1 Å². The fraction of sp³-hybridized carbons (Fsp3) is 0.235. The molecule has 0 radical (unpaired) electrons. The number of amides is 1. The predicted molar refractivity (Wildman–Crippen MR) is 99.0 cm³/mol. The molecule has 22 heavy (non-hydrogen) atoms. The number of benzene rings is 2. The number of halogens is 2. The van der Waals surface area contributed by atoms with Crippen LogP contribution in [0.4, 0.5) is 5.69 Å². The summed E-state index contributed by atoms with van der Waals surface area (Å²) in [5.74, 6) is 0.333. The molecule has 0 unspecified atom stereocenters. The maximum Gasteiger partial charge on any atom is 0.259 e. The maximum absolute atomic E-state index is 12.5. The van der Waals surface area contributed by atoms with E-state index < -0.39 is 0 Å². The normalized spacial score (nSPS) is 10.3. The second-order valence-corrected chi connectivity index (χ2v) is 6.38. The minimum Gasteiger partial charge on any atom is -0.493 e. The quantitative estimate of drug-likeness (QED) is 0.495. The van der Waals surface area contributed by atoms with Crippen molar-refractivity contribution in [2.45, 2.75) is 19.8 Å². The smallest absolute Gasteiger partial charge is 0.259 e. The highest BCUT2D eigenvalue weighted by Crippen LogP contribution is 2.25. The zero-order chi connectivity index (χ0) is 15.9. The van der Waals surface area contributed by atoms with Crippen LogP contribution in [-0.4, -0.2) is 12.5 Å². The maximum atomic E-state index is 12.5. The van der Waals surface area contributed by atoms with Gasteiger partial charge in [0.15, 0.2) is 0 Å². The highest BCUT2D eigenvalue weighted by Gasteiger charge is 2.14. The summed E-state index contributed by atoms with van der Waals surface area (Å²) in [4.78, 5) is 12.5. The Morgan fingerprint density at radius 3 is 2.77 bits per heavy atom. The van der Waals surface area contributed by atoms with Gasteiger partial charge in [0.1, 0.15) is 5.75 Å². The molecule has 0 saturated carbocycles. The second-order valence-electron chi connectivity index (χ2n) is 4.78. The molecule has 0 fully saturated rings. The van der Waals surface area contributed by atoms with Crippen LogP contribution in [0.1, 0.15) is 30.1 Å². The zero-order valence-electron chi connectivity index (χ0n) is 12.2. The van der Waals surface area contributed by atoms with Gasteiger partial charge >= 0.3 is 0 Å². The summed E-state index contributed by atoms with van der Waals surface area (Å²) in [7, 11) is 0. The Hall–Kier alpha value is -1.27. The molecular weight excluding hydrogens is 413 g/mol. The van der Waals surface area contributed by atoms with E-state index >= 15 is 0 Å². The number of carbonyl (C=O) groups excluding carboxylic acids is 1. The van der Waals surface area contributed by atoms with Crippen LogP contribution >= 0.6 is 34.2 Å². The Morgan fingerprint density at radius 2 is 2.05 bits per heavy atom. The monoisotopic (exact) mass is 429 g/mol. The van der Waals surface area contributed by atoms with Crippen LogP contribution in [0.3, 0.4) is 0 Å². The highest BCUT2D eigenvalue weighted by atomic mass is 127. The van der Waals surface area contributed by atoms with E-state index in [1.165, 1.54) is 0 Å². The van der Waals surface area contributed by atoms with Crippen LogP contribution in [0.15, 0.2) is 42.5 Å². The second kappa shape index (κ2) is 8.39. The van der Waals surface area contributed by atoms with Crippen LogP contribution in [0.5, 0.6) is 5.75 Å². The van der Waals surface area contributed by atoms with Crippen LogP contribution in [0, 0.1) is 3.57 Å². The van der Waals surface area contributed by atoms with Crippen molar-refractivity contribution in [1.29, 1.82) is 0 Å². The minimum absolute atomic E-state index is 0.224. The molecule has 0 aliphatic heterocycles. The topological polar surface area (TPSA) is 38.3 Å². The summed E-state index contributed by atoms with van der Waals surface area (Å²) >= 11 is 8.20. The van der Waals surface area contributed by atoms with Gasteiger partial charge in [0.2, 0.25) is 0 Å². The molecule has 0 atom stereocenters. The van der Waals surface area contributed by atoms with E-state index in [0.29, 0.717) is 22.9 Å². The molecule has 3 nitrogen and oxygen atoms in total. The van der Waals surface area contributed by atoms with Crippen molar-refractivity contribution >= 4 is 45.8 Å². The van der Waals surface area contributed by atoms with Crippen molar-refractivity contribution in [1.82, 2.24) is 0 Å². The van der Waals surface area contributed by atoms with Gasteiger partial charge in [0.25, 0.3) is 5.91 Å². The van der Waals surface area contributed by atoms with E-state index in [1.807, 2.05) is 24.3 Å². The Morgan fingerprint density at radius 1 is 1.27 bits per heavy atom. The number of hydrogen-bond acceptors (Lipinski definition) is 2. The zero-order valence-corrected chi connectivity index (χ0v) is 15.1. The number of ether oxygens (including phenoxy) is 1. The highest BCUT2D eigenvalue weighted by molar-refractivity contribution is 14.1. The lowest BCUT2D eigenvalue weighted by atomic mass is 10.1. The Labute approximate surface area is 149 Å². The van der Waals surface area contributed by atoms with Gasteiger partial charge in [0.05, 0.1) is 17.9 Å². The molecule has 0 aromatic heterocycles. The summed E-state index contributed by atoms with van der Waals surface area (Å²) in [6, 6.07) is 12.7. The van der Waals surface area contributed by atoms with Gasteiger partial charge in [-0.1, -0.05) is 37.1 Å². The van der Waals surface area contributed by atoms with E-state index in [2.05, 4.69) is 34.8 Å². The summed E-state index contributed by atoms with van der Waals surface area (Å²) in [5.41, 5.74) is 1.22. The first-order valence-corrected chi connectivity index (χ1v) is 8.55. The molecule has 116 valence electrons. The lowest BCUT2D eigenvalue weighted by molar-refractivity contribution is 0.102. The average molecular weight is 430 g/mol. The number of anilines is 1. The van der Waals surface area contributed by atoms with Gasteiger partial charge in [-0.05, 0) is 59.3 Å². The van der Waals surface area contributed by atoms with Crippen LogP contribution in [0.25, 0.3) is 0 Å². The van der Waals surface area contributed by atoms with Gasteiger partial charge in [0, 0.05) is 8.59 Å². The van der Waals surface area contributed by atoms with Gasteiger partial charge in [-0.25, -0.2) is 0 Å². The van der Waals surface area contributed by atoms with Crippen molar-refractivity contribution in [2.75, 3.05) is 11.9 Å². The fourth-order valence-electron chi connectivity index (χ4n) is 1.88. The summed E-state index contributed by atoms with van der Waals surface area (Å²) < 4.78 is 6.68. The number of hydrogen-bond donors (Lipinski definition) is 1. The van der Waals surface area contributed by atoms with Crippen molar-refractivity contribution in [2.24, 2.45) is 0 Å². The lowest BCUT2D eigenvalue weighted by Crippen LogP contribution is -2.14. The average Bonchev–Trinajstić information content (AvgIpc) is 2.51. The molecule has 2 aromatic carbocycles. The van der Waals surface area contributed by atoms with Crippen molar-refractivity contribution in [3.05, 3.63) is 56.6 Å². The van der Waals surface area contributed by atoms with Gasteiger partial charge in [-0.2, -0.15) is 0 Å². The third kappa shape index (κ3) is 4.61. The summed E-state index contributed by atoms with van der Waals surface area (Å²) in [6.45, 7) is 2.68. The molecule has 0 bridgehead atoms. The third-order valence-electron chi connectivity index (χ3n) is 3.06. The molecular formula is C17H17ClINO2. The molecule has 0 spiro atoms. The predicted octanol–water partition coefficient (Wildman–Crippen LogP) is 5.38. The van der Waals surface area contributed by atoms with Gasteiger partial charge in [-0.15, -0.1) is 0 Å². The Kier molecular flexibility index (Phi) is 6.51. The fourth-order valence-corrected chi connectivity index (χ4v) is 2.58. The number of carbonyl (C=O) groups is 1. The minimum atomic E-state index is -0.224. The third-order valence-corrected chi connectivity index (χ3v) is 4.24. The SMILES string of the molecule is CCCCOc1ccc(Cl)cc1C(=O)Nc1ccccc1I. The molecule has 0 aliphatic rings. The van der Waals surface area contributed by atoms with Crippen LogP contribution in [-0.2, 0) is 0 Å². The first-order chi connectivity index (χ1) is 10.6. The first kappa shape index (κ1) is 17.1. The van der Waals surface area contributed by atoms with E-state index in [1.54, 1.807) is 18.2 Å². The number of unbranched alkanes of at least 4 members (excludes halogenated alkanes) is 1. The van der Waals surface area contributed by atoms with E-state index in [0.717, 1.165) is 22.1 Å². The number of nitrogens with one attached hydrogen (secondary N) is 1. The Balaban J connectivity index is 2.20. The molecule has 0 aliphatic carbocycles. The van der Waals surface area contributed by atoms with Crippen molar-refractivity contribution in [3.63, 3.8) is 0 Å². The number of para-hydroxylation sites is 1. The van der Waals surface area contributed by atoms with E-state index in [4.69, 9.17) is 16.3 Å². The molecule has 1 N–H and O–H groups in total. The molecule has 2 rings (SSSR count). The number of rotatable bonds is 6. The van der Waals surface area contributed by atoms with Crippen LogP contribution in [0.2, 0.25) is 5.02 Å². The molecule has 5 heteroatoms. The lowest BCUT2D eigenvalue weighted by Gasteiger charge is -2.12. The van der Waals surface area contributed by atoms with Gasteiger partial charge in [-0.3, -0.25) is 4.79 Å². The van der Waals surface area contributed by atoms with E-state index in [9.17, 15) is 4.79 Å². The standard InChI is InChI=1S/C17H17ClINO2/c1-2-3-10-22-16-9-8-12(18)11-13(16)17(21)20-15-7-5-4-6-14(15)19/h4-9,11H,2-3,10H2,1H3,(H,20,21). The molecule has 2 aromatic rings. The Bertz CT molecular complexity index is 661.